The molecule has 0 bridgehead atoms. The summed E-state index contributed by atoms with van der Waals surface area (Å²) in [5, 5.41) is 12.5. The van der Waals surface area contributed by atoms with Crippen molar-refractivity contribution in [2.45, 2.75) is 89.1 Å². The number of rotatable bonds is 9. The molecule has 1 aromatic heterocycles. The highest BCUT2D eigenvalue weighted by Crippen LogP contribution is 2.22. The minimum atomic E-state index is -0.910. The van der Waals surface area contributed by atoms with Gasteiger partial charge in [-0.2, -0.15) is 0 Å². The molecule has 2 fully saturated rings. The number of carboxylic acids is 1. The average molecular weight is 454 g/mol. The number of hydrogen-bond acceptors (Lipinski definition) is 3. The highest BCUT2D eigenvalue weighted by atomic mass is 35.5. The lowest BCUT2D eigenvalue weighted by Gasteiger charge is -2.30. The lowest BCUT2D eigenvalue weighted by Crippen LogP contribution is -2.40. The van der Waals surface area contributed by atoms with E-state index in [1.807, 2.05) is 7.05 Å². The predicted molar refractivity (Wildman–Crippen MR) is 126 cm³/mol. The third kappa shape index (κ3) is 10.1. The van der Waals surface area contributed by atoms with Crippen molar-refractivity contribution in [2.75, 3.05) is 19.0 Å². The SMILES string of the molecule is C1CCC(NC2CCCCC2)CC1.Cn1ccc(C(=O)N(CCCCl)CCC(=O)O)c1. The van der Waals surface area contributed by atoms with E-state index in [0.29, 0.717) is 24.4 Å². The number of aliphatic carboxylic acids is 1. The first-order valence-corrected chi connectivity index (χ1v) is 12.5. The van der Waals surface area contributed by atoms with Gasteiger partial charge in [0.1, 0.15) is 0 Å². The summed E-state index contributed by atoms with van der Waals surface area (Å²) < 4.78 is 1.78. The van der Waals surface area contributed by atoms with E-state index in [1.54, 1.807) is 23.0 Å². The first kappa shape index (κ1) is 25.7. The quantitative estimate of drug-likeness (QED) is 0.526. The molecule has 2 saturated carbocycles. The number of carbonyl (C=O) groups is 2. The Morgan fingerprint density at radius 2 is 1.65 bits per heavy atom. The normalized spacial score (nSPS) is 17.6. The third-order valence-electron chi connectivity index (χ3n) is 6.21. The number of aryl methyl sites for hydroxylation is 1. The van der Waals surface area contributed by atoms with Gasteiger partial charge >= 0.3 is 5.97 Å². The van der Waals surface area contributed by atoms with Crippen LogP contribution < -0.4 is 5.32 Å². The van der Waals surface area contributed by atoms with Crippen molar-refractivity contribution in [3.63, 3.8) is 0 Å². The molecule has 6 nitrogen and oxygen atoms in total. The highest BCUT2D eigenvalue weighted by molar-refractivity contribution is 6.17. The van der Waals surface area contributed by atoms with E-state index in [9.17, 15) is 9.59 Å². The predicted octanol–water partition coefficient (Wildman–Crippen LogP) is 4.81. The van der Waals surface area contributed by atoms with Crippen LogP contribution in [0.5, 0.6) is 0 Å². The summed E-state index contributed by atoms with van der Waals surface area (Å²) in [5.41, 5.74) is 0.567. The molecule has 2 N–H and O–H groups in total. The molecule has 1 heterocycles. The maximum Gasteiger partial charge on any atom is 0.305 e. The van der Waals surface area contributed by atoms with Gasteiger partial charge in [-0.1, -0.05) is 38.5 Å². The van der Waals surface area contributed by atoms with Crippen LogP contribution in [0.25, 0.3) is 0 Å². The molecule has 3 rings (SSSR count). The molecule has 2 aliphatic rings. The average Bonchev–Trinajstić information content (AvgIpc) is 3.21. The molecule has 0 atom stereocenters. The second kappa shape index (κ2) is 14.5. The largest absolute Gasteiger partial charge is 0.481 e. The number of hydrogen-bond donors (Lipinski definition) is 2. The molecule has 0 radical (unpaired) electrons. The molecule has 0 aromatic carbocycles. The Bertz CT molecular complexity index is 636. The summed E-state index contributed by atoms with van der Waals surface area (Å²) >= 11 is 5.60. The highest BCUT2D eigenvalue weighted by Gasteiger charge is 2.19. The number of aromatic nitrogens is 1. The van der Waals surface area contributed by atoms with Gasteiger partial charge in [-0.25, -0.2) is 0 Å². The van der Waals surface area contributed by atoms with Crippen molar-refractivity contribution in [2.24, 2.45) is 7.05 Å². The van der Waals surface area contributed by atoms with Gasteiger partial charge in [-0.15, -0.1) is 11.6 Å². The second-order valence-electron chi connectivity index (χ2n) is 8.88. The van der Waals surface area contributed by atoms with Gasteiger partial charge in [-0.3, -0.25) is 9.59 Å². The Balaban J connectivity index is 0.000000231. The molecule has 0 aliphatic heterocycles. The summed E-state index contributed by atoms with van der Waals surface area (Å²) in [5.74, 6) is -0.611. The first-order chi connectivity index (χ1) is 15.0. The van der Waals surface area contributed by atoms with Crippen LogP contribution in [0.15, 0.2) is 18.5 Å². The van der Waals surface area contributed by atoms with E-state index >= 15 is 0 Å². The fourth-order valence-corrected chi connectivity index (χ4v) is 4.60. The summed E-state index contributed by atoms with van der Waals surface area (Å²) in [7, 11) is 1.83. The maximum absolute atomic E-state index is 12.2. The van der Waals surface area contributed by atoms with Crippen molar-refractivity contribution in [1.29, 1.82) is 0 Å². The molecule has 0 spiro atoms. The van der Waals surface area contributed by atoms with Gasteiger partial charge in [0.05, 0.1) is 12.0 Å². The monoisotopic (exact) mass is 453 g/mol. The van der Waals surface area contributed by atoms with E-state index < -0.39 is 5.97 Å². The maximum atomic E-state index is 12.2. The van der Waals surface area contributed by atoms with Gasteiger partial charge in [0.25, 0.3) is 5.91 Å². The van der Waals surface area contributed by atoms with Gasteiger partial charge in [0.2, 0.25) is 0 Å². The van der Waals surface area contributed by atoms with Crippen LogP contribution in [0.3, 0.4) is 0 Å². The van der Waals surface area contributed by atoms with Gasteiger partial charge in [0.15, 0.2) is 0 Å². The molecule has 31 heavy (non-hydrogen) atoms. The van der Waals surface area contributed by atoms with Crippen LogP contribution in [0, 0.1) is 0 Å². The Morgan fingerprint density at radius 3 is 2.10 bits per heavy atom. The summed E-state index contributed by atoms with van der Waals surface area (Å²) in [6.45, 7) is 0.685. The lowest BCUT2D eigenvalue weighted by molar-refractivity contribution is -0.137. The Labute approximate surface area is 192 Å². The fraction of sp³-hybridized carbons (Fsp3) is 0.750. The van der Waals surface area contributed by atoms with E-state index in [1.165, 1.54) is 69.1 Å². The molecule has 2 aliphatic carbocycles. The molecule has 7 heteroatoms. The summed E-state index contributed by atoms with van der Waals surface area (Å²) in [6.07, 6.45) is 18.7. The van der Waals surface area contributed by atoms with E-state index in [-0.39, 0.29) is 18.9 Å². The van der Waals surface area contributed by atoms with Crippen molar-refractivity contribution in [3.8, 4) is 0 Å². The van der Waals surface area contributed by atoms with Gasteiger partial charge in [0, 0.05) is 50.5 Å². The van der Waals surface area contributed by atoms with Gasteiger partial charge in [-0.05, 0) is 38.2 Å². The Morgan fingerprint density at radius 1 is 1.06 bits per heavy atom. The molecule has 176 valence electrons. The van der Waals surface area contributed by atoms with Gasteiger partial charge < -0.3 is 19.9 Å². The number of carboxylic acid groups (broad SMARTS) is 1. The molecule has 1 amide bonds. The third-order valence-corrected chi connectivity index (χ3v) is 6.47. The summed E-state index contributed by atoms with van der Waals surface area (Å²) in [6, 6.07) is 3.46. The zero-order chi connectivity index (χ0) is 22.5. The zero-order valence-corrected chi connectivity index (χ0v) is 19.8. The van der Waals surface area contributed by atoms with Crippen LogP contribution in [-0.4, -0.2) is 57.5 Å². The number of halogens is 1. The van der Waals surface area contributed by atoms with Crippen LogP contribution in [0.4, 0.5) is 0 Å². The Kier molecular flexibility index (Phi) is 12.0. The standard InChI is InChI=1S/C12H17ClN2O3.C12H23N/c1-14-7-3-10(9-14)12(18)15(6-2-5-13)8-4-11(16)17;1-3-7-11(8-4-1)13-12-9-5-2-6-10-12/h3,7,9H,2,4-6,8H2,1H3,(H,16,17);11-13H,1-10H2. The smallest absolute Gasteiger partial charge is 0.305 e. The zero-order valence-electron chi connectivity index (χ0n) is 19.0. The van der Waals surface area contributed by atoms with Crippen molar-refractivity contribution in [3.05, 3.63) is 24.0 Å². The molecule has 1 aromatic rings. The fourth-order valence-electron chi connectivity index (χ4n) is 4.48. The minimum Gasteiger partial charge on any atom is -0.481 e. The van der Waals surface area contributed by atoms with Crippen molar-refractivity contribution < 1.29 is 14.7 Å². The van der Waals surface area contributed by atoms with Crippen LogP contribution in [0.1, 0.15) is 87.4 Å². The van der Waals surface area contributed by atoms with Crippen molar-refractivity contribution >= 4 is 23.5 Å². The number of alkyl halides is 1. The number of carbonyl (C=O) groups excluding carboxylic acids is 1. The number of nitrogens with zero attached hydrogens (tertiary/aromatic N) is 2. The number of amides is 1. The number of nitrogens with one attached hydrogen (secondary N) is 1. The van der Waals surface area contributed by atoms with E-state index in [2.05, 4.69) is 5.32 Å². The van der Waals surface area contributed by atoms with Crippen molar-refractivity contribution in [1.82, 2.24) is 14.8 Å². The lowest BCUT2D eigenvalue weighted by atomic mass is 9.91. The van der Waals surface area contributed by atoms with Crippen LogP contribution in [-0.2, 0) is 11.8 Å². The molecular formula is C24H40ClN3O3. The van der Waals surface area contributed by atoms with Crippen LogP contribution in [0.2, 0.25) is 0 Å². The van der Waals surface area contributed by atoms with E-state index in [4.69, 9.17) is 16.7 Å². The summed E-state index contributed by atoms with van der Waals surface area (Å²) in [4.78, 5) is 24.3. The molecule has 0 saturated heterocycles. The molecular weight excluding hydrogens is 414 g/mol. The molecule has 0 unspecified atom stereocenters. The topological polar surface area (TPSA) is 74.6 Å². The van der Waals surface area contributed by atoms with E-state index in [0.717, 1.165) is 12.1 Å². The first-order valence-electron chi connectivity index (χ1n) is 11.9. The van der Waals surface area contributed by atoms with Crippen LogP contribution >= 0.6 is 11.6 Å². The second-order valence-corrected chi connectivity index (χ2v) is 9.26. The Hall–Kier alpha value is -1.53. The minimum absolute atomic E-state index is 0.0547.